The van der Waals surface area contributed by atoms with Crippen molar-refractivity contribution in [3.8, 4) is 0 Å². The van der Waals surface area contributed by atoms with Gasteiger partial charge < -0.3 is 10.4 Å². The maximum Gasteiger partial charge on any atom is 0.0626 e. The second-order valence-electron chi connectivity index (χ2n) is 5.80. The fourth-order valence-corrected chi connectivity index (χ4v) is 2.28. The van der Waals surface area contributed by atoms with Gasteiger partial charge in [0.2, 0.25) is 0 Å². The predicted molar refractivity (Wildman–Crippen MR) is 73.5 cm³/mol. The Morgan fingerprint density at radius 3 is 1.94 bits per heavy atom. The first kappa shape index (κ1) is 14.2. The van der Waals surface area contributed by atoms with E-state index in [0.717, 1.165) is 0 Å². The average molecular weight is 235 g/mol. The van der Waals surface area contributed by atoms with Crippen LogP contribution in [0, 0.1) is 13.8 Å². The number of aryl methyl sites for hydroxylation is 2. The average Bonchev–Trinajstić information content (AvgIpc) is 2.21. The fraction of sp³-hybridized carbons (Fsp3) is 0.600. The lowest BCUT2D eigenvalue weighted by atomic mass is 9.83. The molecule has 0 amide bonds. The van der Waals surface area contributed by atoms with Crippen LogP contribution in [0.3, 0.4) is 0 Å². The number of likely N-dealkylation sites (N-methyl/N-ethyl adjacent to an activating group) is 1. The van der Waals surface area contributed by atoms with Gasteiger partial charge in [-0.15, -0.1) is 0 Å². The molecule has 0 fully saturated rings. The Balaban J connectivity index is 3.28. The highest BCUT2D eigenvalue weighted by molar-refractivity contribution is 5.42. The molecule has 1 aromatic rings. The first-order chi connectivity index (χ1) is 7.81. The van der Waals surface area contributed by atoms with Crippen molar-refractivity contribution >= 4 is 0 Å². The second kappa shape index (κ2) is 5.19. The van der Waals surface area contributed by atoms with Crippen LogP contribution in [0.4, 0.5) is 0 Å². The zero-order valence-electron chi connectivity index (χ0n) is 11.9. The van der Waals surface area contributed by atoms with E-state index in [9.17, 15) is 5.11 Å². The van der Waals surface area contributed by atoms with E-state index < -0.39 is 0 Å². The molecule has 1 unspecified atom stereocenters. The number of benzene rings is 1. The molecule has 0 bridgehead atoms. The van der Waals surface area contributed by atoms with Gasteiger partial charge >= 0.3 is 0 Å². The van der Waals surface area contributed by atoms with Gasteiger partial charge in [0.15, 0.2) is 0 Å². The topological polar surface area (TPSA) is 32.3 Å². The number of aliphatic hydroxyl groups is 1. The minimum atomic E-state index is 0.0315. The summed E-state index contributed by atoms with van der Waals surface area (Å²) in [4.78, 5) is 0. The molecule has 0 aliphatic carbocycles. The first-order valence-electron chi connectivity index (χ1n) is 6.21. The molecule has 0 radical (unpaired) electrons. The van der Waals surface area contributed by atoms with Gasteiger partial charge in [0.05, 0.1) is 12.6 Å². The van der Waals surface area contributed by atoms with Crippen molar-refractivity contribution in [2.75, 3.05) is 13.7 Å². The van der Waals surface area contributed by atoms with E-state index in [1.807, 2.05) is 7.05 Å². The number of hydrogen-bond acceptors (Lipinski definition) is 2. The molecule has 0 aromatic heterocycles. The quantitative estimate of drug-likeness (QED) is 0.844. The van der Waals surface area contributed by atoms with Crippen LogP contribution in [0.25, 0.3) is 0 Å². The van der Waals surface area contributed by atoms with Gasteiger partial charge in [-0.1, -0.05) is 32.9 Å². The predicted octanol–water partition coefficient (Wildman–Crippen LogP) is 2.85. The number of nitrogens with one attached hydrogen (secondary N) is 1. The second-order valence-corrected chi connectivity index (χ2v) is 5.80. The monoisotopic (exact) mass is 235 g/mol. The molecule has 2 N–H and O–H groups in total. The van der Waals surface area contributed by atoms with E-state index >= 15 is 0 Å². The molecule has 1 atom stereocenters. The van der Waals surface area contributed by atoms with Crippen LogP contribution in [-0.4, -0.2) is 18.8 Å². The molecule has 2 heteroatoms. The number of aliphatic hydroxyl groups excluding tert-OH is 1. The number of rotatable bonds is 3. The van der Waals surface area contributed by atoms with Crippen LogP contribution in [0.5, 0.6) is 0 Å². The minimum absolute atomic E-state index is 0.0315. The molecule has 0 saturated heterocycles. The summed E-state index contributed by atoms with van der Waals surface area (Å²) in [7, 11) is 1.89. The Morgan fingerprint density at radius 1 is 1.18 bits per heavy atom. The molecule has 0 saturated carbocycles. The lowest BCUT2D eigenvalue weighted by molar-refractivity contribution is 0.250. The molecule has 1 rings (SSSR count). The highest BCUT2D eigenvalue weighted by Gasteiger charge is 2.19. The minimum Gasteiger partial charge on any atom is -0.394 e. The third-order valence-electron chi connectivity index (χ3n) is 3.34. The first-order valence-corrected chi connectivity index (χ1v) is 6.21. The summed E-state index contributed by atoms with van der Waals surface area (Å²) in [5.41, 5.74) is 5.25. The van der Waals surface area contributed by atoms with Crippen molar-refractivity contribution in [3.63, 3.8) is 0 Å². The molecule has 0 heterocycles. The summed E-state index contributed by atoms with van der Waals surface area (Å²) < 4.78 is 0. The van der Waals surface area contributed by atoms with Crippen LogP contribution in [0.2, 0.25) is 0 Å². The third kappa shape index (κ3) is 3.08. The van der Waals surface area contributed by atoms with Crippen molar-refractivity contribution in [2.24, 2.45) is 0 Å². The van der Waals surface area contributed by atoms with Crippen LogP contribution in [0.1, 0.15) is 49.1 Å². The normalized spacial score (nSPS) is 13.8. The van der Waals surface area contributed by atoms with Gasteiger partial charge in [-0.25, -0.2) is 0 Å². The van der Waals surface area contributed by atoms with Gasteiger partial charge in [-0.3, -0.25) is 0 Å². The highest BCUT2D eigenvalue weighted by atomic mass is 16.3. The highest BCUT2D eigenvalue weighted by Crippen LogP contribution is 2.29. The molecule has 17 heavy (non-hydrogen) atoms. The van der Waals surface area contributed by atoms with E-state index in [1.54, 1.807) is 0 Å². The van der Waals surface area contributed by atoms with Gasteiger partial charge in [0.1, 0.15) is 0 Å². The summed E-state index contributed by atoms with van der Waals surface area (Å²) in [6, 6.07) is 4.51. The molecular weight excluding hydrogens is 210 g/mol. The Bertz CT molecular complexity index is 363. The van der Waals surface area contributed by atoms with Crippen molar-refractivity contribution in [3.05, 3.63) is 34.4 Å². The molecule has 96 valence electrons. The fourth-order valence-electron chi connectivity index (χ4n) is 2.28. The SMILES string of the molecule is CNC(CO)c1c(C)cc(C(C)(C)C)cc1C. The van der Waals surface area contributed by atoms with E-state index in [2.05, 4.69) is 52.1 Å². The molecule has 2 nitrogen and oxygen atoms in total. The summed E-state index contributed by atoms with van der Waals surface area (Å²) in [5.74, 6) is 0. The van der Waals surface area contributed by atoms with E-state index in [-0.39, 0.29) is 18.1 Å². The zero-order chi connectivity index (χ0) is 13.2. The standard InChI is InChI=1S/C15H25NO/c1-10-7-12(15(3,4)5)8-11(2)14(10)13(9-17)16-6/h7-8,13,16-17H,9H2,1-6H3. The van der Waals surface area contributed by atoms with Crippen molar-refractivity contribution < 1.29 is 5.11 Å². The molecular formula is C15H25NO. The molecule has 0 spiro atoms. The van der Waals surface area contributed by atoms with Crippen LogP contribution in [0.15, 0.2) is 12.1 Å². The van der Waals surface area contributed by atoms with Crippen LogP contribution < -0.4 is 5.32 Å². The van der Waals surface area contributed by atoms with E-state index in [1.165, 1.54) is 22.3 Å². The van der Waals surface area contributed by atoms with Gasteiger partial charge in [-0.05, 0) is 48.6 Å². The van der Waals surface area contributed by atoms with Gasteiger partial charge in [0, 0.05) is 0 Å². The largest absolute Gasteiger partial charge is 0.394 e. The third-order valence-corrected chi connectivity index (χ3v) is 3.34. The maximum absolute atomic E-state index is 9.40. The van der Waals surface area contributed by atoms with Crippen molar-refractivity contribution in [1.29, 1.82) is 0 Å². The summed E-state index contributed by atoms with van der Waals surface area (Å²) >= 11 is 0. The number of hydrogen-bond donors (Lipinski definition) is 2. The van der Waals surface area contributed by atoms with Crippen LogP contribution >= 0.6 is 0 Å². The van der Waals surface area contributed by atoms with Gasteiger partial charge in [0.25, 0.3) is 0 Å². The van der Waals surface area contributed by atoms with E-state index in [0.29, 0.717) is 0 Å². The Hall–Kier alpha value is -0.860. The molecule has 0 aliphatic rings. The van der Waals surface area contributed by atoms with Gasteiger partial charge in [-0.2, -0.15) is 0 Å². The van der Waals surface area contributed by atoms with E-state index in [4.69, 9.17) is 0 Å². The maximum atomic E-state index is 9.40. The van der Waals surface area contributed by atoms with Crippen molar-refractivity contribution in [2.45, 2.75) is 46.1 Å². The van der Waals surface area contributed by atoms with Crippen molar-refractivity contribution in [1.82, 2.24) is 5.32 Å². The Labute approximate surface area is 105 Å². The zero-order valence-corrected chi connectivity index (χ0v) is 11.9. The summed E-state index contributed by atoms with van der Waals surface area (Å²) in [6.45, 7) is 11.1. The van der Waals surface area contributed by atoms with Crippen LogP contribution in [-0.2, 0) is 5.41 Å². The smallest absolute Gasteiger partial charge is 0.0626 e. The lowest BCUT2D eigenvalue weighted by Crippen LogP contribution is -2.23. The molecule has 0 aliphatic heterocycles. The molecule has 1 aromatic carbocycles. The Morgan fingerprint density at radius 2 is 1.65 bits per heavy atom. The lowest BCUT2D eigenvalue weighted by Gasteiger charge is -2.25. The summed E-state index contributed by atoms with van der Waals surface area (Å²) in [6.07, 6.45) is 0. The Kier molecular flexibility index (Phi) is 4.34. The summed E-state index contributed by atoms with van der Waals surface area (Å²) in [5, 5.41) is 12.6.